The lowest BCUT2D eigenvalue weighted by Crippen LogP contribution is -2.19. The lowest BCUT2D eigenvalue weighted by atomic mass is 9.93. The van der Waals surface area contributed by atoms with Crippen LogP contribution in [0.3, 0.4) is 0 Å². The van der Waals surface area contributed by atoms with Gasteiger partial charge in [-0.25, -0.2) is 4.39 Å². The van der Waals surface area contributed by atoms with Gasteiger partial charge in [0.2, 0.25) is 0 Å². The third kappa shape index (κ3) is 1.81. The van der Waals surface area contributed by atoms with Crippen LogP contribution in [0.15, 0.2) is 12.1 Å². The SMILES string of the molecule is COc1cc(F)c(C(N)C2C3C4CCC(C4)C32)cc1OC. The minimum atomic E-state index is -0.280. The van der Waals surface area contributed by atoms with Crippen LogP contribution >= 0.6 is 0 Å². The highest BCUT2D eigenvalue weighted by Gasteiger charge is 2.66. The Morgan fingerprint density at radius 1 is 1.10 bits per heavy atom. The Morgan fingerprint density at radius 3 is 2.24 bits per heavy atom. The van der Waals surface area contributed by atoms with Crippen molar-refractivity contribution in [1.82, 2.24) is 0 Å². The molecular weight excluding hydrogens is 269 g/mol. The van der Waals surface area contributed by atoms with E-state index in [1.807, 2.05) is 0 Å². The Balaban J connectivity index is 1.62. The van der Waals surface area contributed by atoms with E-state index in [1.54, 1.807) is 13.2 Å². The van der Waals surface area contributed by atoms with E-state index in [0.29, 0.717) is 23.0 Å². The summed E-state index contributed by atoms with van der Waals surface area (Å²) in [6, 6.07) is 2.89. The van der Waals surface area contributed by atoms with Crippen molar-refractivity contribution in [2.45, 2.75) is 25.3 Å². The Hall–Kier alpha value is -1.29. The maximum Gasteiger partial charge on any atom is 0.163 e. The molecule has 3 saturated carbocycles. The average Bonchev–Trinajstić information content (AvgIpc) is 2.93. The van der Waals surface area contributed by atoms with Crippen LogP contribution in [0.5, 0.6) is 11.5 Å². The molecule has 0 heterocycles. The normalized spacial score (nSPS) is 37.2. The fraction of sp³-hybridized carbons (Fsp3) is 0.647. The predicted molar refractivity (Wildman–Crippen MR) is 77.7 cm³/mol. The van der Waals surface area contributed by atoms with E-state index >= 15 is 0 Å². The number of benzene rings is 1. The van der Waals surface area contributed by atoms with E-state index in [0.717, 1.165) is 23.7 Å². The molecule has 2 N–H and O–H groups in total. The summed E-state index contributed by atoms with van der Waals surface area (Å²) >= 11 is 0. The zero-order valence-electron chi connectivity index (χ0n) is 12.5. The molecule has 3 fully saturated rings. The van der Waals surface area contributed by atoms with Gasteiger partial charge in [0, 0.05) is 17.7 Å². The maximum absolute atomic E-state index is 14.4. The number of rotatable bonds is 4. The van der Waals surface area contributed by atoms with Crippen molar-refractivity contribution in [3.63, 3.8) is 0 Å². The predicted octanol–water partition coefficient (Wildman–Crippen LogP) is 3.13. The van der Waals surface area contributed by atoms with Gasteiger partial charge in [-0.3, -0.25) is 0 Å². The molecule has 2 bridgehead atoms. The standard InChI is InChI=1S/C17H22FNO2/c1-20-12-6-10(11(18)7-13(12)21-2)17(19)16-14-8-3-4-9(5-8)15(14)16/h6-9,14-17H,3-5,19H2,1-2H3. The first-order chi connectivity index (χ1) is 10.2. The summed E-state index contributed by atoms with van der Waals surface area (Å²) in [6.45, 7) is 0. The molecule has 4 heteroatoms. The molecule has 5 atom stereocenters. The lowest BCUT2D eigenvalue weighted by Gasteiger charge is -2.19. The Bertz CT molecular complexity index is 560. The number of hydrogen-bond donors (Lipinski definition) is 1. The summed E-state index contributed by atoms with van der Waals surface area (Å²) < 4.78 is 24.8. The van der Waals surface area contributed by atoms with Crippen molar-refractivity contribution in [3.05, 3.63) is 23.5 Å². The second-order valence-corrected chi connectivity index (χ2v) is 6.82. The number of methoxy groups -OCH3 is 2. The van der Waals surface area contributed by atoms with E-state index < -0.39 is 0 Å². The minimum Gasteiger partial charge on any atom is -0.493 e. The summed E-state index contributed by atoms with van der Waals surface area (Å²) in [5.41, 5.74) is 7.00. The Kier molecular flexibility index (Phi) is 2.93. The summed E-state index contributed by atoms with van der Waals surface area (Å²) in [7, 11) is 3.08. The first-order valence-corrected chi connectivity index (χ1v) is 7.82. The van der Waals surface area contributed by atoms with Crippen LogP contribution in [0.1, 0.15) is 30.9 Å². The van der Waals surface area contributed by atoms with Crippen LogP contribution in [0.25, 0.3) is 0 Å². The monoisotopic (exact) mass is 291 g/mol. The molecule has 5 unspecified atom stereocenters. The molecule has 1 aromatic rings. The lowest BCUT2D eigenvalue weighted by molar-refractivity contribution is 0.349. The quantitative estimate of drug-likeness (QED) is 0.927. The van der Waals surface area contributed by atoms with Crippen molar-refractivity contribution in [3.8, 4) is 11.5 Å². The molecule has 0 saturated heterocycles. The van der Waals surface area contributed by atoms with Gasteiger partial charge < -0.3 is 15.2 Å². The van der Waals surface area contributed by atoms with Crippen molar-refractivity contribution in [2.24, 2.45) is 35.3 Å². The highest BCUT2D eigenvalue weighted by atomic mass is 19.1. The molecule has 1 aromatic carbocycles. The second kappa shape index (κ2) is 4.60. The molecule has 3 nitrogen and oxygen atoms in total. The number of fused-ring (bicyclic) bond motifs is 5. The summed E-state index contributed by atoms with van der Waals surface area (Å²) in [6.07, 6.45) is 4.08. The highest BCUT2D eigenvalue weighted by molar-refractivity contribution is 5.45. The molecule has 0 aliphatic heterocycles. The minimum absolute atomic E-state index is 0.219. The van der Waals surface area contributed by atoms with Crippen molar-refractivity contribution in [2.75, 3.05) is 14.2 Å². The van der Waals surface area contributed by atoms with Crippen LogP contribution in [-0.4, -0.2) is 14.2 Å². The van der Waals surface area contributed by atoms with Crippen molar-refractivity contribution < 1.29 is 13.9 Å². The number of halogens is 1. The van der Waals surface area contributed by atoms with Gasteiger partial charge in [-0.1, -0.05) is 0 Å². The van der Waals surface area contributed by atoms with Gasteiger partial charge in [-0.2, -0.15) is 0 Å². The van der Waals surface area contributed by atoms with Crippen LogP contribution in [0, 0.1) is 35.4 Å². The van der Waals surface area contributed by atoms with E-state index in [1.165, 1.54) is 32.4 Å². The summed E-state index contributed by atoms with van der Waals surface area (Å²) in [4.78, 5) is 0. The maximum atomic E-state index is 14.4. The number of hydrogen-bond acceptors (Lipinski definition) is 3. The van der Waals surface area contributed by atoms with Crippen LogP contribution < -0.4 is 15.2 Å². The third-order valence-electron chi connectivity index (χ3n) is 6.07. The molecule has 0 amide bonds. The Morgan fingerprint density at radius 2 is 1.67 bits per heavy atom. The molecule has 0 spiro atoms. The largest absolute Gasteiger partial charge is 0.493 e. The molecule has 21 heavy (non-hydrogen) atoms. The van der Waals surface area contributed by atoms with Gasteiger partial charge in [0.25, 0.3) is 0 Å². The molecule has 4 rings (SSSR count). The van der Waals surface area contributed by atoms with E-state index in [9.17, 15) is 4.39 Å². The molecular formula is C17H22FNO2. The van der Waals surface area contributed by atoms with Crippen LogP contribution in [0.2, 0.25) is 0 Å². The van der Waals surface area contributed by atoms with Gasteiger partial charge in [0.05, 0.1) is 14.2 Å². The van der Waals surface area contributed by atoms with Gasteiger partial charge in [0.1, 0.15) is 5.82 Å². The van der Waals surface area contributed by atoms with Crippen molar-refractivity contribution in [1.29, 1.82) is 0 Å². The highest BCUT2D eigenvalue weighted by Crippen LogP contribution is 2.71. The fourth-order valence-corrected chi connectivity index (χ4v) is 5.21. The Labute approximate surface area is 124 Å². The first kappa shape index (κ1) is 13.4. The van der Waals surface area contributed by atoms with Gasteiger partial charge in [0.15, 0.2) is 11.5 Å². The molecule has 3 aliphatic rings. The smallest absolute Gasteiger partial charge is 0.163 e. The second-order valence-electron chi connectivity index (χ2n) is 6.82. The molecule has 0 radical (unpaired) electrons. The summed E-state index contributed by atoms with van der Waals surface area (Å²) in [5.74, 6) is 4.33. The van der Waals surface area contributed by atoms with Crippen molar-refractivity contribution >= 4 is 0 Å². The summed E-state index contributed by atoms with van der Waals surface area (Å²) in [5, 5.41) is 0. The fourth-order valence-electron chi connectivity index (χ4n) is 5.21. The topological polar surface area (TPSA) is 44.5 Å². The van der Waals surface area contributed by atoms with E-state index in [4.69, 9.17) is 15.2 Å². The van der Waals surface area contributed by atoms with Crippen LogP contribution in [0.4, 0.5) is 4.39 Å². The third-order valence-corrected chi connectivity index (χ3v) is 6.07. The first-order valence-electron chi connectivity index (χ1n) is 7.82. The van der Waals surface area contributed by atoms with Gasteiger partial charge >= 0.3 is 0 Å². The molecule has 114 valence electrons. The van der Waals surface area contributed by atoms with Gasteiger partial charge in [-0.05, 0) is 54.9 Å². The zero-order valence-corrected chi connectivity index (χ0v) is 12.5. The van der Waals surface area contributed by atoms with Gasteiger partial charge in [-0.15, -0.1) is 0 Å². The zero-order chi connectivity index (χ0) is 14.7. The number of ether oxygens (including phenoxy) is 2. The van der Waals surface area contributed by atoms with Crippen LogP contribution in [-0.2, 0) is 0 Å². The average molecular weight is 291 g/mol. The molecule has 0 aromatic heterocycles. The van der Waals surface area contributed by atoms with E-state index in [2.05, 4.69) is 0 Å². The molecule has 3 aliphatic carbocycles. The van der Waals surface area contributed by atoms with E-state index in [-0.39, 0.29) is 11.9 Å². The number of nitrogens with two attached hydrogens (primary N) is 1.